The number of hydrogen-bond acceptors (Lipinski definition) is 1. The van der Waals surface area contributed by atoms with Gasteiger partial charge in [0.15, 0.2) is 0 Å². The second kappa shape index (κ2) is 8.05. The lowest BCUT2D eigenvalue weighted by atomic mass is 9.86. The monoisotopic (exact) mass is 362 g/mol. The molecule has 3 heteroatoms. The lowest BCUT2D eigenvalue weighted by Crippen LogP contribution is -2.32. The van der Waals surface area contributed by atoms with Crippen molar-refractivity contribution in [1.29, 1.82) is 0 Å². The van der Waals surface area contributed by atoms with Crippen molar-refractivity contribution in [2.24, 2.45) is 0 Å². The minimum Gasteiger partial charge on any atom is -0.550 e. The van der Waals surface area contributed by atoms with Gasteiger partial charge in [-0.25, -0.2) is 0 Å². The van der Waals surface area contributed by atoms with Gasteiger partial charge in [0.2, 0.25) is 8.32 Å². The summed E-state index contributed by atoms with van der Waals surface area (Å²) >= 11 is 0. The lowest BCUT2D eigenvalue weighted by Gasteiger charge is -2.26. The summed E-state index contributed by atoms with van der Waals surface area (Å²) in [7, 11) is -2.54. The highest BCUT2D eigenvalue weighted by atomic mass is 28.4. The van der Waals surface area contributed by atoms with Crippen LogP contribution in [0.3, 0.4) is 0 Å². The van der Waals surface area contributed by atoms with Crippen molar-refractivity contribution in [1.82, 2.24) is 0 Å². The van der Waals surface area contributed by atoms with Gasteiger partial charge in [-0.15, -0.1) is 0 Å². The van der Waals surface area contributed by atoms with E-state index in [0.29, 0.717) is 0 Å². The van der Waals surface area contributed by atoms with E-state index >= 15 is 0 Å². The summed E-state index contributed by atoms with van der Waals surface area (Å²) in [5, 5.41) is 0. The molecule has 1 aromatic carbocycles. The van der Waals surface area contributed by atoms with Gasteiger partial charge in [-0.05, 0) is 54.6 Å². The molecule has 0 unspecified atom stereocenters. The van der Waals surface area contributed by atoms with Crippen LogP contribution in [0.5, 0.6) is 0 Å². The van der Waals surface area contributed by atoms with Crippen LogP contribution in [0.2, 0.25) is 44.8 Å². The Morgan fingerprint density at radius 3 is 1.96 bits per heavy atom. The summed E-state index contributed by atoms with van der Waals surface area (Å²) < 4.78 is 6.24. The Morgan fingerprint density at radius 1 is 0.958 bits per heavy atom. The van der Waals surface area contributed by atoms with E-state index in [9.17, 15) is 0 Å². The molecule has 0 bridgehead atoms. The fraction of sp³-hybridized carbons (Fsp3) is 0.619. The smallest absolute Gasteiger partial charge is 0.244 e. The van der Waals surface area contributed by atoms with Gasteiger partial charge in [-0.1, -0.05) is 70.7 Å². The van der Waals surface area contributed by atoms with Crippen molar-refractivity contribution in [3.8, 4) is 0 Å². The minimum atomic E-state index is -1.57. The third-order valence-corrected chi connectivity index (χ3v) is 8.82. The Labute approximate surface area is 152 Å². The summed E-state index contributed by atoms with van der Waals surface area (Å²) in [6.07, 6.45) is 3.01. The second-order valence-electron chi connectivity index (χ2n) is 10.0. The van der Waals surface area contributed by atoms with Gasteiger partial charge >= 0.3 is 0 Å². The van der Waals surface area contributed by atoms with Gasteiger partial charge < -0.3 is 4.43 Å². The van der Waals surface area contributed by atoms with Gasteiger partial charge in [-0.3, -0.25) is 0 Å². The molecule has 0 aromatic heterocycles. The Kier molecular flexibility index (Phi) is 7.12. The van der Waals surface area contributed by atoms with Crippen LogP contribution in [0.15, 0.2) is 36.1 Å². The predicted octanol–water partition coefficient (Wildman–Crippen LogP) is 6.99. The van der Waals surface area contributed by atoms with Crippen LogP contribution in [-0.4, -0.2) is 16.4 Å². The third-order valence-electron chi connectivity index (χ3n) is 4.36. The highest BCUT2D eigenvalue weighted by Crippen LogP contribution is 2.24. The molecule has 0 fully saturated rings. The first-order chi connectivity index (χ1) is 10.8. The fourth-order valence-corrected chi connectivity index (χ4v) is 8.53. The molecule has 1 rings (SSSR count). The lowest BCUT2D eigenvalue weighted by molar-refractivity contribution is 0.465. The Morgan fingerprint density at radius 2 is 1.50 bits per heavy atom. The fourth-order valence-electron chi connectivity index (χ4n) is 2.48. The molecule has 0 aliphatic rings. The highest BCUT2D eigenvalue weighted by Gasteiger charge is 2.26. The molecule has 1 nitrogen and oxygen atoms in total. The van der Waals surface area contributed by atoms with Crippen LogP contribution in [-0.2, 0) is 16.3 Å². The van der Waals surface area contributed by atoms with Gasteiger partial charge in [0.1, 0.15) is 0 Å². The first-order valence-corrected chi connectivity index (χ1v) is 16.0. The van der Waals surface area contributed by atoms with E-state index < -0.39 is 16.4 Å². The Bertz CT molecular complexity index is 543. The second-order valence-corrected chi connectivity index (χ2v) is 19.9. The molecular weight excluding hydrogens is 324 g/mol. The van der Waals surface area contributed by atoms with E-state index in [4.69, 9.17) is 4.43 Å². The standard InChI is InChI=1S/C21H38OSi2/c1-18(17-22-24(8,9)15-14-23(5,6)7)16-19-10-12-20(13-11-19)21(2,3)4/h10-13,17H,14-16H2,1-9H3/b18-17+. The molecule has 0 aliphatic carbocycles. The van der Waals surface area contributed by atoms with Crippen LogP contribution in [0.4, 0.5) is 0 Å². The molecule has 0 N–H and O–H groups in total. The molecule has 24 heavy (non-hydrogen) atoms. The van der Waals surface area contributed by atoms with E-state index in [1.54, 1.807) is 0 Å². The molecule has 0 amide bonds. The minimum absolute atomic E-state index is 0.221. The number of allylic oxidation sites excluding steroid dienone is 1. The molecule has 0 aliphatic heterocycles. The highest BCUT2D eigenvalue weighted by molar-refractivity contribution is 6.79. The average Bonchev–Trinajstić information content (AvgIpc) is 2.42. The quantitative estimate of drug-likeness (QED) is 0.375. The first-order valence-electron chi connectivity index (χ1n) is 9.21. The van der Waals surface area contributed by atoms with Gasteiger partial charge in [0.25, 0.3) is 0 Å². The number of rotatable bonds is 7. The summed E-state index contributed by atoms with van der Waals surface area (Å²) in [6.45, 7) is 21.0. The molecule has 0 heterocycles. The first kappa shape index (κ1) is 21.2. The molecule has 136 valence electrons. The maximum absolute atomic E-state index is 6.24. The molecule has 0 saturated carbocycles. The van der Waals surface area contributed by atoms with Crippen molar-refractivity contribution in [2.75, 3.05) is 0 Å². The summed E-state index contributed by atoms with van der Waals surface area (Å²) in [4.78, 5) is 0. The third kappa shape index (κ3) is 8.34. The van der Waals surface area contributed by atoms with E-state index in [1.807, 2.05) is 6.26 Å². The average molecular weight is 363 g/mol. The summed E-state index contributed by atoms with van der Waals surface area (Å²) in [6, 6.07) is 11.7. The Balaban J connectivity index is 2.60. The molecule has 0 spiro atoms. The molecule has 0 atom stereocenters. The number of hydrogen-bond donors (Lipinski definition) is 0. The topological polar surface area (TPSA) is 9.23 Å². The molecule has 0 radical (unpaired) electrons. The molecule has 0 saturated heterocycles. The largest absolute Gasteiger partial charge is 0.550 e. The van der Waals surface area contributed by atoms with Crippen LogP contribution < -0.4 is 0 Å². The van der Waals surface area contributed by atoms with E-state index in [1.165, 1.54) is 28.8 Å². The number of benzene rings is 1. The van der Waals surface area contributed by atoms with Crippen molar-refractivity contribution >= 4 is 16.4 Å². The zero-order valence-corrected chi connectivity index (χ0v) is 19.4. The summed E-state index contributed by atoms with van der Waals surface area (Å²) in [5.74, 6) is 0. The van der Waals surface area contributed by atoms with Crippen molar-refractivity contribution in [2.45, 2.75) is 84.4 Å². The molecule has 1 aromatic rings. The van der Waals surface area contributed by atoms with Crippen LogP contribution in [0.1, 0.15) is 38.8 Å². The zero-order chi connectivity index (χ0) is 18.6. The maximum Gasteiger partial charge on any atom is 0.244 e. The van der Waals surface area contributed by atoms with Crippen molar-refractivity contribution in [3.05, 3.63) is 47.2 Å². The Hall–Kier alpha value is -0.806. The SMILES string of the molecule is C/C(=C\O[Si](C)(C)CC[Si](C)(C)C)Cc1ccc(C(C)(C)C)cc1. The zero-order valence-electron chi connectivity index (χ0n) is 17.4. The van der Waals surface area contributed by atoms with E-state index in [2.05, 4.69) is 84.7 Å². The van der Waals surface area contributed by atoms with E-state index in [-0.39, 0.29) is 5.41 Å². The maximum atomic E-state index is 6.24. The van der Waals surface area contributed by atoms with Crippen LogP contribution >= 0.6 is 0 Å². The van der Waals surface area contributed by atoms with E-state index in [0.717, 1.165) is 6.42 Å². The van der Waals surface area contributed by atoms with Crippen molar-refractivity contribution in [3.63, 3.8) is 0 Å². The summed E-state index contributed by atoms with van der Waals surface area (Å²) in [5.41, 5.74) is 4.29. The van der Waals surface area contributed by atoms with Crippen LogP contribution in [0.25, 0.3) is 0 Å². The normalized spacial score (nSPS) is 14.0. The van der Waals surface area contributed by atoms with Crippen LogP contribution in [0, 0.1) is 0 Å². The van der Waals surface area contributed by atoms with Gasteiger partial charge in [0.05, 0.1) is 6.26 Å². The predicted molar refractivity (Wildman–Crippen MR) is 114 cm³/mol. The van der Waals surface area contributed by atoms with Gasteiger partial charge in [-0.2, -0.15) is 0 Å². The van der Waals surface area contributed by atoms with Crippen molar-refractivity contribution < 1.29 is 4.43 Å². The van der Waals surface area contributed by atoms with Gasteiger partial charge in [0, 0.05) is 8.07 Å². The molecular formula is C21H38OSi2.